The number of hydrogen-bond donors (Lipinski definition) is 0. The molecule has 2 aromatic carbocycles. The minimum Gasteiger partial charge on any atom is -0.268 e. The van der Waals surface area contributed by atoms with Crippen LogP contribution in [0.25, 0.3) is 0 Å². The number of halogens is 1. The van der Waals surface area contributed by atoms with Crippen LogP contribution in [0.3, 0.4) is 0 Å². The van der Waals surface area contributed by atoms with E-state index in [0.29, 0.717) is 16.8 Å². The molecule has 106 valence electrons. The molecular weight excluding hydrogens is 330 g/mol. The van der Waals surface area contributed by atoms with E-state index in [1.165, 1.54) is 4.90 Å². The molecule has 1 aliphatic heterocycles. The highest BCUT2D eigenvalue weighted by Gasteiger charge is 2.38. The zero-order valence-electron chi connectivity index (χ0n) is 12.0. The van der Waals surface area contributed by atoms with Crippen LogP contribution in [-0.4, -0.2) is 11.8 Å². The Hall–Kier alpha value is -1.94. The predicted octanol–water partition coefficient (Wildman–Crippen LogP) is 4.17. The van der Waals surface area contributed by atoms with Gasteiger partial charge in [-0.2, -0.15) is 0 Å². The van der Waals surface area contributed by atoms with Crippen LogP contribution >= 0.6 is 15.9 Å². The lowest BCUT2D eigenvalue weighted by Gasteiger charge is -2.19. The third-order valence-electron chi connectivity index (χ3n) is 3.66. The Morgan fingerprint density at radius 1 is 0.857 bits per heavy atom. The lowest BCUT2D eigenvalue weighted by Crippen LogP contribution is -2.30. The van der Waals surface area contributed by atoms with Gasteiger partial charge in [-0.3, -0.25) is 9.59 Å². The van der Waals surface area contributed by atoms with Gasteiger partial charge < -0.3 is 0 Å². The van der Waals surface area contributed by atoms with Crippen molar-refractivity contribution in [2.24, 2.45) is 0 Å². The Morgan fingerprint density at radius 3 is 2.19 bits per heavy atom. The zero-order valence-corrected chi connectivity index (χ0v) is 13.6. The molecule has 1 aliphatic rings. The van der Waals surface area contributed by atoms with Crippen LogP contribution in [0.5, 0.6) is 0 Å². The molecule has 2 amide bonds. The largest absolute Gasteiger partial charge is 0.268 e. The van der Waals surface area contributed by atoms with Crippen LogP contribution in [0.1, 0.15) is 37.4 Å². The quantitative estimate of drug-likeness (QED) is 0.728. The number of benzene rings is 2. The smallest absolute Gasteiger partial charge is 0.266 e. The normalized spacial score (nSPS) is 13.8. The number of hydrogen-bond acceptors (Lipinski definition) is 2. The number of aryl methyl sites for hydroxylation is 3. The highest BCUT2D eigenvalue weighted by Crippen LogP contribution is 2.36. The van der Waals surface area contributed by atoms with Crippen molar-refractivity contribution in [3.05, 3.63) is 62.6 Å². The zero-order chi connectivity index (χ0) is 15.3. The number of fused-ring (bicyclic) bond motifs is 1. The number of carbonyl (C=O) groups excluding carboxylic acids is 2. The Morgan fingerprint density at radius 2 is 1.52 bits per heavy atom. The molecule has 3 nitrogen and oxygen atoms in total. The summed E-state index contributed by atoms with van der Waals surface area (Å²) in [5, 5.41) is 0. The van der Waals surface area contributed by atoms with Crippen LogP contribution in [0, 0.1) is 20.8 Å². The van der Waals surface area contributed by atoms with Crippen molar-refractivity contribution in [2.45, 2.75) is 20.8 Å². The summed E-state index contributed by atoms with van der Waals surface area (Å²) in [4.78, 5) is 26.5. The number of amides is 2. The van der Waals surface area contributed by atoms with Crippen molar-refractivity contribution in [1.82, 2.24) is 0 Å². The van der Waals surface area contributed by atoms with E-state index in [0.717, 1.165) is 21.2 Å². The Bertz CT molecular complexity index is 772. The molecule has 0 aromatic heterocycles. The average Bonchev–Trinajstić information content (AvgIpc) is 2.62. The summed E-state index contributed by atoms with van der Waals surface area (Å²) in [7, 11) is 0. The van der Waals surface area contributed by atoms with E-state index in [1.807, 2.05) is 39.0 Å². The number of nitrogens with zero attached hydrogens (tertiary/aromatic N) is 1. The molecule has 0 aliphatic carbocycles. The Balaban J connectivity index is 2.19. The standard InChI is InChI=1S/C17H14BrNO2/c1-9-4-5-12-13(7-9)17(21)19(16(12)20)15-11(3)6-10(2)8-14(15)18/h4-8H,1-3H3. The number of rotatable bonds is 1. The van der Waals surface area contributed by atoms with E-state index >= 15 is 0 Å². The van der Waals surface area contributed by atoms with Crippen LogP contribution < -0.4 is 4.90 Å². The van der Waals surface area contributed by atoms with Gasteiger partial charge in [-0.25, -0.2) is 4.90 Å². The second-order valence-corrected chi connectivity index (χ2v) is 6.26. The number of imide groups is 1. The number of anilines is 1. The summed E-state index contributed by atoms with van der Waals surface area (Å²) in [6.07, 6.45) is 0. The molecule has 0 spiro atoms. The fourth-order valence-electron chi connectivity index (χ4n) is 2.75. The summed E-state index contributed by atoms with van der Waals surface area (Å²) >= 11 is 3.48. The van der Waals surface area contributed by atoms with Gasteiger partial charge in [-0.1, -0.05) is 17.7 Å². The van der Waals surface area contributed by atoms with Gasteiger partial charge in [0.1, 0.15) is 0 Å². The van der Waals surface area contributed by atoms with E-state index in [9.17, 15) is 9.59 Å². The fraction of sp³-hybridized carbons (Fsp3) is 0.176. The summed E-state index contributed by atoms with van der Waals surface area (Å²) in [6, 6.07) is 9.23. The van der Waals surface area contributed by atoms with E-state index in [2.05, 4.69) is 15.9 Å². The van der Waals surface area contributed by atoms with Crippen molar-refractivity contribution in [1.29, 1.82) is 0 Å². The monoisotopic (exact) mass is 343 g/mol. The van der Waals surface area contributed by atoms with Crippen molar-refractivity contribution < 1.29 is 9.59 Å². The first-order valence-corrected chi connectivity index (χ1v) is 7.45. The fourth-order valence-corrected chi connectivity index (χ4v) is 3.60. The predicted molar refractivity (Wildman–Crippen MR) is 85.9 cm³/mol. The van der Waals surface area contributed by atoms with Gasteiger partial charge >= 0.3 is 0 Å². The van der Waals surface area contributed by atoms with Crippen LogP contribution in [-0.2, 0) is 0 Å². The van der Waals surface area contributed by atoms with E-state index in [-0.39, 0.29) is 11.8 Å². The first-order chi connectivity index (χ1) is 9.90. The van der Waals surface area contributed by atoms with Gasteiger partial charge in [0.2, 0.25) is 0 Å². The van der Waals surface area contributed by atoms with Crippen molar-refractivity contribution >= 4 is 33.4 Å². The molecule has 21 heavy (non-hydrogen) atoms. The maximum atomic E-state index is 12.6. The van der Waals surface area contributed by atoms with Gasteiger partial charge in [-0.05, 0) is 66.0 Å². The molecule has 0 saturated heterocycles. The van der Waals surface area contributed by atoms with Gasteiger partial charge in [0, 0.05) is 4.47 Å². The van der Waals surface area contributed by atoms with Crippen molar-refractivity contribution in [3.8, 4) is 0 Å². The Labute approximate surface area is 131 Å². The minimum atomic E-state index is -0.261. The maximum absolute atomic E-state index is 12.6. The maximum Gasteiger partial charge on any atom is 0.266 e. The molecule has 3 rings (SSSR count). The average molecular weight is 344 g/mol. The lowest BCUT2D eigenvalue weighted by molar-refractivity contribution is 0.0925. The molecule has 1 heterocycles. The topological polar surface area (TPSA) is 37.4 Å². The van der Waals surface area contributed by atoms with Crippen molar-refractivity contribution in [2.75, 3.05) is 4.90 Å². The molecule has 0 fully saturated rings. The third kappa shape index (κ3) is 2.10. The van der Waals surface area contributed by atoms with Crippen molar-refractivity contribution in [3.63, 3.8) is 0 Å². The summed E-state index contributed by atoms with van der Waals surface area (Å²) in [6.45, 7) is 5.79. The molecule has 0 saturated carbocycles. The van der Waals surface area contributed by atoms with Gasteiger partial charge in [0.25, 0.3) is 11.8 Å². The second-order valence-electron chi connectivity index (χ2n) is 5.41. The van der Waals surface area contributed by atoms with E-state index < -0.39 is 0 Å². The first kappa shape index (κ1) is 14.0. The second kappa shape index (κ2) is 4.81. The highest BCUT2D eigenvalue weighted by molar-refractivity contribution is 9.10. The molecule has 0 radical (unpaired) electrons. The van der Waals surface area contributed by atoms with Crippen LogP contribution in [0.15, 0.2) is 34.8 Å². The highest BCUT2D eigenvalue weighted by atomic mass is 79.9. The molecule has 0 bridgehead atoms. The lowest BCUT2D eigenvalue weighted by atomic mass is 10.1. The van der Waals surface area contributed by atoms with Gasteiger partial charge in [0.15, 0.2) is 0 Å². The minimum absolute atomic E-state index is 0.258. The van der Waals surface area contributed by atoms with Gasteiger partial charge in [-0.15, -0.1) is 0 Å². The van der Waals surface area contributed by atoms with E-state index in [1.54, 1.807) is 12.1 Å². The van der Waals surface area contributed by atoms with Crippen LogP contribution in [0.4, 0.5) is 5.69 Å². The Kier molecular flexibility index (Phi) is 3.21. The van der Waals surface area contributed by atoms with Gasteiger partial charge in [0.05, 0.1) is 16.8 Å². The molecule has 4 heteroatoms. The molecule has 0 N–H and O–H groups in total. The third-order valence-corrected chi connectivity index (χ3v) is 4.27. The summed E-state index contributed by atoms with van der Waals surface area (Å²) in [5.74, 6) is -0.519. The SMILES string of the molecule is Cc1cc(C)c(N2C(=O)c3ccc(C)cc3C2=O)c(Br)c1. The van der Waals surface area contributed by atoms with Crippen LogP contribution in [0.2, 0.25) is 0 Å². The number of carbonyl (C=O) groups is 2. The molecule has 0 unspecified atom stereocenters. The molecule has 0 atom stereocenters. The summed E-state index contributed by atoms with van der Waals surface area (Å²) in [5.41, 5.74) is 4.52. The molecule has 2 aromatic rings. The molecular formula is C17H14BrNO2. The first-order valence-electron chi connectivity index (χ1n) is 6.66. The summed E-state index contributed by atoms with van der Waals surface area (Å²) < 4.78 is 0.756. The van der Waals surface area contributed by atoms with E-state index in [4.69, 9.17) is 0 Å².